The van der Waals surface area contributed by atoms with Crippen LogP contribution >= 0.6 is 11.6 Å². The molecule has 7 heteroatoms. The monoisotopic (exact) mass is 388 g/mol. The molecule has 2 aliphatic rings. The second kappa shape index (κ2) is 8.00. The number of rotatable bonds is 5. The molecule has 3 atom stereocenters. The Morgan fingerprint density at radius 2 is 2.11 bits per heavy atom. The van der Waals surface area contributed by atoms with E-state index in [4.69, 9.17) is 16.3 Å². The summed E-state index contributed by atoms with van der Waals surface area (Å²) < 4.78 is 7.89. The molecule has 0 spiro atoms. The van der Waals surface area contributed by atoms with Gasteiger partial charge in [0.05, 0.1) is 18.4 Å². The van der Waals surface area contributed by atoms with Gasteiger partial charge in [0.1, 0.15) is 0 Å². The van der Waals surface area contributed by atoms with Crippen LogP contribution < -0.4 is 5.32 Å². The van der Waals surface area contributed by atoms with Crippen LogP contribution in [0, 0.1) is 6.92 Å². The zero-order chi connectivity index (χ0) is 18.8. The van der Waals surface area contributed by atoms with Crippen LogP contribution in [-0.4, -0.2) is 52.4 Å². The topological polar surface area (TPSA) is 59.4 Å². The first-order chi connectivity index (χ1) is 13.1. The Labute approximate surface area is 164 Å². The molecule has 27 heavy (non-hydrogen) atoms. The van der Waals surface area contributed by atoms with Crippen molar-refractivity contribution in [1.82, 2.24) is 20.0 Å². The van der Waals surface area contributed by atoms with Crippen molar-refractivity contribution in [2.75, 3.05) is 19.7 Å². The average Bonchev–Trinajstić information content (AvgIpc) is 3.25. The molecule has 2 aliphatic heterocycles. The number of hydrogen-bond donors (Lipinski definition) is 1. The molecule has 1 N–H and O–H groups in total. The molecule has 1 aromatic heterocycles. The van der Waals surface area contributed by atoms with Gasteiger partial charge in [-0.1, -0.05) is 23.7 Å². The van der Waals surface area contributed by atoms with Gasteiger partial charge < -0.3 is 10.1 Å². The van der Waals surface area contributed by atoms with Crippen LogP contribution in [0.2, 0.25) is 5.02 Å². The number of morpholine rings is 1. The van der Waals surface area contributed by atoms with Crippen LogP contribution in [-0.2, 0) is 16.1 Å². The van der Waals surface area contributed by atoms with E-state index in [1.54, 1.807) is 0 Å². The minimum absolute atomic E-state index is 0.0658. The van der Waals surface area contributed by atoms with Gasteiger partial charge in [-0.05, 0) is 37.1 Å². The number of carbonyl (C=O) groups excluding carboxylic acids is 1. The van der Waals surface area contributed by atoms with E-state index in [-0.39, 0.29) is 18.1 Å². The summed E-state index contributed by atoms with van der Waals surface area (Å²) >= 11 is 5.98. The number of carbonyl (C=O) groups is 1. The molecule has 4 rings (SSSR count). The first kappa shape index (κ1) is 18.5. The Balaban J connectivity index is 1.26. The van der Waals surface area contributed by atoms with Crippen LogP contribution in [0.1, 0.15) is 30.2 Å². The van der Waals surface area contributed by atoms with Crippen LogP contribution in [0.3, 0.4) is 0 Å². The van der Waals surface area contributed by atoms with Crippen molar-refractivity contribution >= 4 is 17.5 Å². The summed E-state index contributed by atoms with van der Waals surface area (Å²) in [6, 6.07) is 10.4. The van der Waals surface area contributed by atoms with Gasteiger partial charge in [0.25, 0.3) is 0 Å². The number of halogens is 1. The summed E-state index contributed by atoms with van der Waals surface area (Å²) in [6.07, 6.45) is 3.37. The second-order valence-electron chi connectivity index (χ2n) is 7.45. The maximum atomic E-state index is 12.3. The summed E-state index contributed by atoms with van der Waals surface area (Å²) in [6.45, 7) is 4.99. The average molecular weight is 389 g/mol. The van der Waals surface area contributed by atoms with Gasteiger partial charge in [-0.3, -0.25) is 14.4 Å². The van der Waals surface area contributed by atoms with Gasteiger partial charge in [0, 0.05) is 49.4 Å². The van der Waals surface area contributed by atoms with Crippen molar-refractivity contribution < 1.29 is 9.53 Å². The molecule has 1 amide bonds. The highest BCUT2D eigenvalue weighted by molar-refractivity contribution is 6.30. The SMILES string of the molecule is Cc1ccn(CCC(=O)N[C@H]2C[C@H]3CO[C@@H](c4ccc(Cl)cc4)CN3C2)n1. The third-order valence-corrected chi connectivity index (χ3v) is 5.62. The van der Waals surface area contributed by atoms with Crippen LogP contribution in [0.25, 0.3) is 0 Å². The number of fused-ring (bicyclic) bond motifs is 1. The fourth-order valence-electron chi connectivity index (χ4n) is 3.96. The maximum absolute atomic E-state index is 12.3. The third kappa shape index (κ3) is 4.51. The summed E-state index contributed by atoms with van der Waals surface area (Å²) in [4.78, 5) is 14.7. The minimum atomic E-state index is 0.0658. The lowest BCUT2D eigenvalue weighted by molar-refractivity contribution is -0.122. The fourth-order valence-corrected chi connectivity index (χ4v) is 4.09. The first-order valence-electron chi connectivity index (χ1n) is 9.47. The predicted octanol–water partition coefficient (Wildman–Crippen LogP) is 2.57. The smallest absolute Gasteiger partial charge is 0.222 e. The Bertz CT molecular complexity index is 792. The van der Waals surface area contributed by atoms with Crippen molar-refractivity contribution in [2.24, 2.45) is 0 Å². The van der Waals surface area contributed by atoms with Gasteiger partial charge in [-0.25, -0.2) is 0 Å². The summed E-state index contributed by atoms with van der Waals surface area (Å²) in [7, 11) is 0. The molecule has 1 aromatic carbocycles. The van der Waals surface area contributed by atoms with Gasteiger partial charge in [0.15, 0.2) is 0 Å². The summed E-state index contributed by atoms with van der Waals surface area (Å²) in [5.41, 5.74) is 2.12. The molecule has 2 aromatic rings. The molecule has 2 fully saturated rings. The zero-order valence-corrected chi connectivity index (χ0v) is 16.2. The number of aromatic nitrogens is 2. The highest BCUT2D eigenvalue weighted by Gasteiger charge is 2.38. The Morgan fingerprint density at radius 1 is 1.30 bits per heavy atom. The maximum Gasteiger partial charge on any atom is 0.222 e. The van der Waals surface area contributed by atoms with E-state index in [0.717, 1.165) is 35.8 Å². The number of hydrogen-bond acceptors (Lipinski definition) is 4. The molecule has 2 saturated heterocycles. The predicted molar refractivity (Wildman–Crippen MR) is 104 cm³/mol. The number of nitrogens with one attached hydrogen (secondary N) is 1. The Morgan fingerprint density at radius 3 is 2.85 bits per heavy atom. The van der Waals surface area contributed by atoms with E-state index >= 15 is 0 Å². The molecule has 0 aliphatic carbocycles. The lowest BCUT2D eigenvalue weighted by Gasteiger charge is -2.35. The van der Waals surface area contributed by atoms with Crippen molar-refractivity contribution in [1.29, 1.82) is 0 Å². The van der Waals surface area contributed by atoms with Gasteiger partial charge in [0.2, 0.25) is 5.91 Å². The highest BCUT2D eigenvalue weighted by atomic mass is 35.5. The number of aryl methyl sites for hydroxylation is 2. The molecule has 144 valence electrons. The fraction of sp³-hybridized carbons (Fsp3) is 0.500. The molecule has 0 bridgehead atoms. The lowest BCUT2D eigenvalue weighted by Crippen LogP contribution is -2.43. The first-order valence-corrected chi connectivity index (χ1v) is 9.85. The molecular formula is C20H25ClN4O2. The van der Waals surface area contributed by atoms with Crippen molar-refractivity contribution in [3.05, 3.63) is 52.8 Å². The molecular weight excluding hydrogens is 364 g/mol. The molecule has 0 radical (unpaired) electrons. The van der Waals surface area contributed by atoms with Gasteiger partial charge >= 0.3 is 0 Å². The number of ether oxygens (including phenoxy) is 1. The minimum Gasteiger partial charge on any atom is -0.371 e. The molecule has 0 saturated carbocycles. The third-order valence-electron chi connectivity index (χ3n) is 5.37. The Hall–Kier alpha value is -1.89. The van der Waals surface area contributed by atoms with Crippen LogP contribution in [0.5, 0.6) is 0 Å². The van der Waals surface area contributed by atoms with E-state index in [2.05, 4.69) is 15.3 Å². The number of benzene rings is 1. The summed E-state index contributed by atoms with van der Waals surface area (Å²) in [5.74, 6) is 0.0863. The lowest BCUT2D eigenvalue weighted by atomic mass is 10.1. The molecule has 6 nitrogen and oxygen atoms in total. The van der Waals surface area contributed by atoms with Crippen molar-refractivity contribution in [3.63, 3.8) is 0 Å². The zero-order valence-electron chi connectivity index (χ0n) is 15.5. The molecule has 0 unspecified atom stereocenters. The van der Waals surface area contributed by atoms with Gasteiger partial charge in [-0.15, -0.1) is 0 Å². The van der Waals surface area contributed by atoms with Crippen molar-refractivity contribution in [3.8, 4) is 0 Å². The highest BCUT2D eigenvalue weighted by Crippen LogP contribution is 2.30. The van der Waals surface area contributed by atoms with E-state index in [0.29, 0.717) is 25.6 Å². The number of nitrogens with zero attached hydrogens (tertiary/aromatic N) is 3. The van der Waals surface area contributed by atoms with Crippen LogP contribution in [0.15, 0.2) is 36.5 Å². The second-order valence-corrected chi connectivity index (χ2v) is 7.89. The number of amides is 1. The van der Waals surface area contributed by atoms with Gasteiger partial charge in [-0.2, -0.15) is 5.10 Å². The molecule has 3 heterocycles. The largest absolute Gasteiger partial charge is 0.371 e. The Kier molecular flexibility index (Phi) is 5.48. The standard InChI is InChI=1S/C20H25ClN4O2/c1-14-6-8-25(23-14)9-7-20(26)22-17-10-18-13-27-19(12-24(18)11-17)15-2-4-16(21)5-3-15/h2-6,8,17-19H,7,9-13H2,1H3,(H,22,26)/t17-,18-,19+/m0/s1. The van der Waals surface area contributed by atoms with E-state index in [1.807, 2.05) is 48.1 Å². The van der Waals surface area contributed by atoms with Crippen molar-refractivity contribution in [2.45, 2.75) is 44.5 Å². The van der Waals surface area contributed by atoms with E-state index < -0.39 is 0 Å². The van der Waals surface area contributed by atoms with E-state index in [9.17, 15) is 4.79 Å². The normalized spacial score (nSPS) is 25.3. The van der Waals surface area contributed by atoms with Crippen LogP contribution in [0.4, 0.5) is 0 Å². The van der Waals surface area contributed by atoms with E-state index in [1.165, 1.54) is 0 Å². The summed E-state index contributed by atoms with van der Waals surface area (Å²) in [5, 5.41) is 8.24. The quantitative estimate of drug-likeness (QED) is 0.855.